The van der Waals surface area contributed by atoms with Gasteiger partial charge in [-0.05, 0) is 56.8 Å². The number of rotatable bonds is 9. The summed E-state index contributed by atoms with van der Waals surface area (Å²) in [5.74, 6) is 0.528. The average Bonchev–Trinajstić information content (AvgIpc) is 3.04. The molecule has 1 aliphatic heterocycles. The van der Waals surface area contributed by atoms with Crippen molar-refractivity contribution in [3.63, 3.8) is 0 Å². The summed E-state index contributed by atoms with van der Waals surface area (Å²) in [5, 5.41) is 6.22. The molecule has 1 fully saturated rings. The molecule has 2 rings (SSSR count). The molecule has 0 aromatic heterocycles. The zero-order valence-corrected chi connectivity index (χ0v) is 15.9. The van der Waals surface area contributed by atoms with Gasteiger partial charge in [0.2, 0.25) is 15.9 Å². The van der Waals surface area contributed by atoms with Crippen molar-refractivity contribution in [1.82, 2.24) is 15.4 Å². The van der Waals surface area contributed by atoms with Crippen LogP contribution in [0.2, 0.25) is 0 Å². The molecular formula is C18H29N3O3S. The van der Waals surface area contributed by atoms with Gasteiger partial charge in [0.05, 0.1) is 5.75 Å². The van der Waals surface area contributed by atoms with Gasteiger partial charge in [-0.15, -0.1) is 0 Å². The first-order chi connectivity index (χ1) is 11.9. The smallest absolute Gasteiger partial charge is 0.220 e. The van der Waals surface area contributed by atoms with Crippen LogP contribution < -0.4 is 15.4 Å². The van der Waals surface area contributed by atoms with Gasteiger partial charge >= 0.3 is 0 Å². The highest BCUT2D eigenvalue weighted by atomic mass is 32.2. The quantitative estimate of drug-likeness (QED) is 0.618. The minimum atomic E-state index is -3.39. The third kappa shape index (κ3) is 7.13. The van der Waals surface area contributed by atoms with E-state index in [2.05, 4.69) is 15.4 Å². The summed E-state index contributed by atoms with van der Waals surface area (Å²) < 4.78 is 26.9. The Morgan fingerprint density at radius 2 is 2.00 bits per heavy atom. The van der Waals surface area contributed by atoms with E-state index in [1.165, 1.54) is 0 Å². The highest BCUT2D eigenvalue weighted by molar-refractivity contribution is 7.88. The molecule has 6 nitrogen and oxygen atoms in total. The van der Waals surface area contributed by atoms with E-state index in [9.17, 15) is 13.2 Å². The first kappa shape index (κ1) is 19.9. The number of sulfonamides is 1. The van der Waals surface area contributed by atoms with E-state index in [1.807, 2.05) is 18.2 Å². The number of hydrogen-bond acceptors (Lipinski definition) is 4. The van der Waals surface area contributed by atoms with Gasteiger partial charge in [-0.2, -0.15) is 0 Å². The second-order valence-electron chi connectivity index (χ2n) is 6.97. The lowest BCUT2D eigenvalue weighted by Gasteiger charge is -2.14. The highest BCUT2D eigenvalue weighted by Crippen LogP contribution is 2.15. The van der Waals surface area contributed by atoms with E-state index in [1.54, 1.807) is 19.9 Å². The molecule has 3 N–H and O–H groups in total. The standard InChI is InChI=1S/C18H29N3O3S/c1-14(2)21-25(23,24)13-17-6-4-3-5-16(17)12-20-18(22)8-7-15-9-10-19-11-15/h3-6,14-15,19,21H,7-13H2,1-2H3,(H,20,22). The highest BCUT2D eigenvalue weighted by Gasteiger charge is 2.17. The van der Waals surface area contributed by atoms with Gasteiger partial charge in [0.1, 0.15) is 0 Å². The van der Waals surface area contributed by atoms with Gasteiger partial charge in [0, 0.05) is 19.0 Å². The van der Waals surface area contributed by atoms with Crippen LogP contribution in [0.25, 0.3) is 0 Å². The molecule has 1 saturated heterocycles. The molecular weight excluding hydrogens is 338 g/mol. The van der Waals surface area contributed by atoms with Crippen molar-refractivity contribution >= 4 is 15.9 Å². The number of amides is 1. The van der Waals surface area contributed by atoms with Crippen molar-refractivity contribution in [1.29, 1.82) is 0 Å². The Labute approximate surface area is 150 Å². The normalized spacial score (nSPS) is 17.8. The fraction of sp³-hybridized carbons (Fsp3) is 0.611. The van der Waals surface area contributed by atoms with Gasteiger partial charge in [-0.1, -0.05) is 24.3 Å². The molecule has 0 saturated carbocycles. The number of carbonyl (C=O) groups is 1. The second kappa shape index (κ2) is 9.31. The third-order valence-corrected chi connectivity index (χ3v) is 5.82. The number of nitrogens with one attached hydrogen (secondary N) is 3. The van der Waals surface area contributed by atoms with Gasteiger partial charge in [-0.3, -0.25) is 4.79 Å². The molecule has 140 valence electrons. The maximum atomic E-state index is 12.1. The minimum absolute atomic E-state index is 0.0184. The molecule has 0 radical (unpaired) electrons. The van der Waals surface area contributed by atoms with Crippen LogP contribution in [0.5, 0.6) is 0 Å². The molecule has 7 heteroatoms. The lowest BCUT2D eigenvalue weighted by atomic mass is 10.0. The SMILES string of the molecule is CC(C)NS(=O)(=O)Cc1ccccc1CNC(=O)CCC1CCNC1. The van der Waals surface area contributed by atoms with Gasteiger partial charge < -0.3 is 10.6 Å². The van der Waals surface area contributed by atoms with E-state index >= 15 is 0 Å². The topological polar surface area (TPSA) is 87.3 Å². The Morgan fingerprint density at radius 1 is 1.28 bits per heavy atom. The van der Waals surface area contributed by atoms with Gasteiger partial charge in [-0.25, -0.2) is 13.1 Å². The Morgan fingerprint density at radius 3 is 2.64 bits per heavy atom. The van der Waals surface area contributed by atoms with Crippen molar-refractivity contribution in [2.24, 2.45) is 5.92 Å². The van der Waals surface area contributed by atoms with Crippen LogP contribution in [0, 0.1) is 5.92 Å². The third-order valence-electron chi connectivity index (χ3n) is 4.30. The van der Waals surface area contributed by atoms with Crippen molar-refractivity contribution in [3.05, 3.63) is 35.4 Å². The molecule has 1 unspecified atom stereocenters. The summed E-state index contributed by atoms with van der Waals surface area (Å²) >= 11 is 0. The average molecular weight is 368 g/mol. The predicted molar refractivity (Wildman–Crippen MR) is 99.4 cm³/mol. The molecule has 1 atom stereocenters. The van der Waals surface area contributed by atoms with Crippen LogP contribution in [0.3, 0.4) is 0 Å². The van der Waals surface area contributed by atoms with Crippen molar-refractivity contribution < 1.29 is 13.2 Å². The monoisotopic (exact) mass is 367 g/mol. The van der Waals surface area contributed by atoms with E-state index in [0.717, 1.165) is 37.1 Å². The molecule has 0 aliphatic carbocycles. The Balaban J connectivity index is 1.88. The molecule has 1 heterocycles. The van der Waals surface area contributed by atoms with Crippen molar-refractivity contribution in [2.75, 3.05) is 13.1 Å². The second-order valence-corrected chi connectivity index (χ2v) is 8.73. The fourth-order valence-electron chi connectivity index (χ4n) is 3.05. The van der Waals surface area contributed by atoms with Crippen LogP contribution in [0.1, 0.15) is 44.2 Å². The van der Waals surface area contributed by atoms with Crippen LogP contribution in [-0.4, -0.2) is 33.5 Å². The molecule has 1 aromatic carbocycles. The summed E-state index contributed by atoms with van der Waals surface area (Å²) in [6.45, 7) is 5.98. The van der Waals surface area contributed by atoms with Gasteiger partial charge in [0.25, 0.3) is 0 Å². The predicted octanol–water partition coefficient (Wildman–Crippen LogP) is 1.52. The number of benzene rings is 1. The lowest BCUT2D eigenvalue weighted by Crippen LogP contribution is -2.32. The Bertz CT molecular complexity index is 668. The Hall–Kier alpha value is -1.44. The molecule has 1 aliphatic rings. The molecule has 0 spiro atoms. The lowest BCUT2D eigenvalue weighted by molar-refractivity contribution is -0.121. The summed E-state index contributed by atoms with van der Waals surface area (Å²) in [6, 6.07) is 7.20. The van der Waals surface area contributed by atoms with E-state index in [0.29, 0.717) is 18.9 Å². The summed E-state index contributed by atoms with van der Waals surface area (Å²) in [4.78, 5) is 12.1. The first-order valence-electron chi connectivity index (χ1n) is 8.90. The summed E-state index contributed by atoms with van der Waals surface area (Å²) in [5.41, 5.74) is 1.56. The summed E-state index contributed by atoms with van der Waals surface area (Å²) in [6.07, 6.45) is 2.55. The zero-order chi connectivity index (χ0) is 18.3. The number of hydrogen-bond donors (Lipinski definition) is 3. The van der Waals surface area contributed by atoms with Crippen LogP contribution in [-0.2, 0) is 27.1 Å². The molecule has 1 amide bonds. The summed E-state index contributed by atoms with van der Waals surface area (Å²) in [7, 11) is -3.39. The van der Waals surface area contributed by atoms with E-state index < -0.39 is 10.0 Å². The molecule has 1 aromatic rings. The van der Waals surface area contributed by atoms with E-state index in [-0.39, 0.29) is 17.7 Å². The largest absolute Gasteiger partial charge is 0.352 e. The van der Waals surface area contributed by atoms with Crippen LogP contribution in [0.4, 0.5) is 0 Å². The Kier molecular flexibility index (Phi) is 7.40. The minimum Gasteiger partial charge on any atom is -0.352 e. The maximum absolute atomic E-state index is 12.1. The molecule has 0 bridgehead atoms. The first-order valence-corrected chi connectivity index (χ1v) is 10.5. The fourth-order valence-corrected chi connectivity index (χ4v) is 4.55. The van der Waals surface area contributed by atoms with Crippen molar-refractivity contribution in [3.8, 4) is 0 Å². The zero-order valence-electron chi connectivity index (χ0n) is 15.0. The molecule has 25 heavy (non-hydrogen) atoms. The maximum Gasteiger partial charge on any atom is 0.220 e. The van der Waals surface area contributed by atoms with Crippen LogP contribution >= 0.6 is 0 Å². The van der Waals surface area contributed by atoms with Gasteiger partial charge in [0.15, 0.2) is 0 Å². The number of carbonyl (C=O) groups excluding carboxylic acids is 1. The van der Waals surface area contributed by atoms with Crippen molar-refractivity contribution in [2.45, 2.75) is 51.4 Å². The van der Waals surface area contributed by atoms with E-state index in [4.69, 9.17) is 0 Å². The van der Waals surface area contributed by atoms with Crippen LogP contribution in [0.15, 0.2) is 24.3 Å².